The molecule has 0 spiro atoms. The Balaban J connectivity index is 1.57. The number of nitrogens with one attached hydrogen (secondary N) is 1. The van der Waals surface area contributed by atoms with Gasteiger partial charge in [0.15, 0.2) is 0 Å². The second-order valence-electron chi connectivity index (χ2n) is 6.16. The van der Waals surface area contributed by atoms with Crippen LogP contribution in [0.15, 0.2) is 30.4 Å². The SMILES string of the molecule is CC(NCC1CC=CCC1)c1ccc2c(c1)CCC2. The Labute approximate surface area is 117 Å². The Morgan fingerprint density at radius 3 is 2.95 bits per heavy atom. The summed E-state index contributed by atoms with van der Waals surface area (Å²) in [5.74, 6) is 0.835. The van der Waals surface area contributed by atoms with Crippen molar-refractivity contribution in [3.8, 4) is 0 Å². The van der Waals surface area contributed by atoms with Crippen LogP contribution in [0, 0.1) is 5.92 Å². The molecule has 0 saturated carbocycles. The third kappa shape index (κ3) is 3.09. The van der Waals surface area contributed by atoms with Crippen LogP contribution in [0.25, 0.3) is 0 Å². The number of benzene rings is 1. The van der Waals surface area contributed by atoms with Crippen LogP contribution >= 0.6 is 0 Å². The molecule has 0 bridgehead atoms. The molecule has 1 nitrogen and oxygen atoms in total. The minimum absolute atomic E-state index is 0.483. The van der Waals surface area contributed by atoms with Crippen molar-refractivity contribution in [2.24, 2.45) is 5.92 Å². The smallest absolute Gasteiger partial charge is 0.0292 e. The fourth-order valence-electron chi connectivity index (χ4n) is 3.36. The molecule has 0 radical (unpaired) electrons. The lowest BCUT2D eigenvalue weighted by Gasteiger charge is -2.22. The molecule has 1 aromatic carbocycles. The third-order valence-corrected chi connectivity index (χ3v) is 4.71. The minimum Gasteiger partial charge on any atom is -0.310 e. The molecule has 0 aromatic heterocycles. The van der Waals surface area contributed by atoms with Gasteiger partial charge in [0.1, 0.15) is 0 Å². The van der Waals surface area contributed by atoms with Crippen LogP contribution in [0.2, 0.25) is 0 Å². The zero-order chi connectivity index (χ0) is 13.1. The molecule has 3 rings (SSSR count). The van der Waals surface area contributed by atoms with Gasteiger partial charge < -0.3 is 5.32 Å². The molecule has 2 aliphatic carbocycles. The predicted octanol–water partition coefficient (Wildman–Crippen LogP) is 4.18. The van der Waals surface area contributed by atoms with Gasteiger partial charge >= 0.3 is 0 Å². The number of rotatable bonds is 4. The molecule has 2 unspecified atom stereocenters. The van der Waals surface area contributed by atoms with E-state index in [9.17, 15) is 0 Å². The predicted molar refractivity (Wildman–Crippen MR) is 81.4 cm³/mol. The molecular weight excluding hydrogens is 230 g/mol. The van der Waals surface area contributed by atoms with Gasteiger partial charge in [0.05, 0.1) is 0 Å². The van der Waals surface area contributed by atoms with Crippen LogP contribution in [-0.2, 0) is 12.8 Å². The number of hydrogen-bond acceptors (Lipinski definition) is 1. The van der Waals surface area contributed by atoms with Gasteiger partial charge in [-0.25, -0.2) is 0 Å². The first-order valence-electron chi connectivity index (χ1n) is 7.83. The van der Waals surface area contributed by atoms with Gasteiger partial charge in [-0.1, -0.05) is 30.4 Å². The molecule has 0 saturated heterocycles. The Morgan fingerprint density at radius 2 is 2.11 bits per heavy atom. The van der Waals surface area contributed by atoms with Crippen molar-refractivity contribution < 1.29 is 0 Å². The number of hydrogen-bond donors (Lipinski definition) is 1. The maximum Gasteiger partial charge on any atom is 0.0292 e. The molecule has 0 fully saturated rings. The van der Waals surface area contributed by atoms with Crippen LogP contribution in [0.4, 0.5) is 0 Å². The van der Waals surface area contributed by atoms with Crippen molar-refractivity contribution in [3.05, 3.63) is 47.0 Å². The zero-order valence-corrected chi connectivity index (χ0v) is 12.0. The highest BCUT2D eigenvalue weighted by molar-refractivity contribution is 5.36. The fourth-order valence-corrected chi connectivity index (χ4v) is 3.36. The van der Waals surface area contributed by atoms with Gasteiger partial charge in [-0.2, -0.15) is 0 Å². The molecule has 0 heterocycles. The fraction of sp³-hybridized carbons (Fsp3) is 0.556. The summed E-state index contributed by atoms with van der Waals surface area (Å²) in [5.41, 5.74) is 4.63. The maximum absolute atomic E-state index is 3.73. The summed E-state index contributed by atoms with van der Waals surface area (Å²) in [7, 11) is 0. The first-order valence-corrected chi connectivity index (χ1v) is 7.83. The quantitative estimate of drug-likeness (QED) is 0.796. The van der Waals surface area contributed by atoms with Crippen molar-refractivity contribution in [1.82, 2.24) is 5.32 Å². The zero-order valence-electron chi connectivity index (χ0n) is 12.0. The molecule has 19 heavy (non-hydrogen) atoms. The van der Waals surface area contributed by atoms with Crippen molar-refractivity contribution in [2.45, 2.75) is 51.5 Å². The van der Waals surface area contributed by atoms with Crippen LogP contribution in [0.3, 0.4) is 0 Å². The van der Waals surface area contributed by atoms with E-state index in [1.807, 2.05) is 0 Å². The molecule has 1 N–H and O–H groups in total. The van der Waals surface area contributed by atoms with E-state index in [2.05, 4.69) is 42.6 Å². The molecule has 0 aliphatic heterocycles. The second-order valence-corrected chi connectivity index (χ2v) is 6.16. The lowest BCUT2D eigenvalue weighted by atomic mass is 9.94. The molecule has 2 atom stereocenters. The summed E-state index contributed by atoms with van der Waals surface area (Å²) in [6.07, 6.45) is 12.4. The lowest BCUT2D eigenvalue weighted by Crippen LogP contribution is -2.26. The average molecular weight is 255 g/mol. The van der Waals surface area contributed by atoms with Crippen LogP contribution in [-0.4, -0.2) is 6.54 Å². The first-order chi connectivity index (χ1) is 9.33. The molecule has 2 aliphatic rings. The third-order valence-electron chi connectivity index (χ3n) is 4.71. The topological polar surface area (TPSA) is 12.0 Å². The number of aryl methyl sites for hydroxylation is 2. The van der Waals surface area contributed by atoms with E-state index in [0.29, 0.717) is 6.04 Å². The van der Waals surface area contributed by atoms with Crippen molar-refractivity contribution in [3.63, 3.8) is 0 Å². The van der Waals surface area contributed by atoms with E-state index >= 15 is 0 Å². The summed E-state index contributed by atoms with van der Waals surface area (Å²) in [5, 5.41) is 3.73. The lowest BCUT2D eigenvalue weighted by molar-refractivity contribution is 0.415. The van der Waals surface area contributed by atoms with E-state index in [-0.39, 0.29) is 0 Å². The average Bonchev–Trinajstić information content (AvgIpc) is 2.93. The summed E-state index contributed by atoms with van der Waals surface area (Å²) >= 11 is 0. The highest BCUT2D eigenvalue weighted by Gasteiger charge is 2.15. The van der Waals surface area contributed by atoms with Crippen molar-refractivity contribution >= 4 is 0 Å². The Morgan fingerprint density at radius 1 is 1.21 bits per heavy atom. The molecule has 0 amide bonds. The van der Waals surface area contributed by atoms with Crippen LogP contribution in [0.5, 0.6) is 0 Å². The van der Waals surface area contributed by atoms with Crippen LogP contribution in [0.1, 0.15) is 55.3 Å². The van der Waals surface area contributed by atoms with Gasteiger partial charge in [0, 0.05) is 6.04 Å². The largest absolute Gasteiger partial charge is 0.310 e. The standard InChI is InChI=1S/C18H25N/c1-14(19-13-15-6-3-2-4-7-15)17-11-10-16-8-5-9-18(16)12-17/h2-3,10-12,14-15,19H,4-9,13H2,1H3. The van der Waals surface area contributed by atoms with Crippen LogP contribution < -0.4 is 5.32 Å². The van der Waals surface area contributed by atoms with Gasteiger partial charge in [-0.15, -0.1) is 0 Å². The van der Waals surface area contributed by atoms with Crippen molar-refractivity contribution in [1.29, 1.82) is 0 Å². The molecular formula is C18H25N. The Bertz CT molecular complexity index is 461. The Kier molecular flexibility index (Phi) is 4.03. The van der Waals surface area contributed by atoms with Gasteiger partial charge in [-0.3, -0.25) is 0 Å². The van der Waals surface area contributed by atoms with Gasteiger partial charge in [0.2, 0.25) is 0 Å². The van der Waals surface area contributed by atoms with E-state index in [1.54, 1.807) is 11.1 Å². The van der Waals surface area contributed by atoms with E-state index in [4.69, 9.17) is 0 Å². The first kappa shape index (κ1) is 12.9. The van der Waals surface area contributed by atoms with E-state index < -0.39 is 0 Å². The minimum atomic E-state index is 0.483. The molecule has 102 valence electrons. The van der Waals surface area contributed by atoms with E-state index in [0.717, 1.165) is 12.5 Å². The summed E-state index contributed by atoms with van der Waals surface area (Å²) in [6, 6.07) is 7.58. The van der Waals surface area contributed by atoms with Gasteiger partial charge in [-0.05, 0) is 74.6 Å². The summed E-state index contributed by atoms with van der Waals surface area (Å²) in [4.78, 5) is 0. The highest BCUT2D eigenvalue weighted by Crippen LogP contribution is 2.26. The number of fused-ring (bicyclic) bond motifs is 1. The van der Waals surface area contributed by atoms with Gasteiger partial charge in [0.25, 0.3) is 0 Å². The summed E-state index contributed by atoms with van der Waals surface area (Å²) in [6.45, 7) is 3.46. The second kappa shape index (κ2) is 5.92. The number of allylic oxidation sites excluding steroid dienone is 2. The van der Waals surface area contributed by atoms with Crippen molar-refractivity contribution in [2.75, 3.05) is 6.54 Å². The normalized spacial score (nSPS) is 23.3. The monoisotopic (exact) mass is 255 g/mol. The van der Waals surface area contributed by atoms with E-state index in [1.165, 1.54) is 44.1 Å². The molecule has 1 heteroatoms. The molecule has 1 aromatic rings. The highest BCUT2D eigenvalue weighted by atomic mass is 14.9. The Hall–Kier alpha value is -1.08. The summed E-state index contributed by atoms with van der Waals surface area (Å²) < 4.78 is 0. The maximum atomic E-state index is 3.73.